The number of likely N-dealkylation sites (tertiary alicyclic amines) is 1. The molecule has 6 nitrogen and oxygen atoms in total. The summed E-state index contributed by atoms with van der Waals surface area (Å²) in [7, 11) is 0. The van der Waals surface area contributed by atoms with Gasteiger partial charge in [-0.1, -0.05) is 17.8 Å². The lowest BCUT2D eigenvalue weighted by Crippen LogP contribution is -2.77. The fourth-order valence-corrected chi connectivity index (χ4v) is 8.37. The molecule has 7 rings (SSSR count). The van der Waals surface area contributed by atoms with E-state index in [2.05, 4.69) is 4.90 Å². The molecule has 2 aliphatic heterocycles. The van der Waals surface area contributed by atoms with Crippen molar-refractivity contribution in [3.63, 3.8) is 0 Å². The molecule has 3 aliphatic carbocycles. The smallest absolute Gasteiger partial charge is 0.212 e. The quantitative estimate of drug-likeness (QED) is 0.630. The molecule has 2 N–H and O–H groups in total. The van der Waals surface area contributed by atoms with Gasteiger partial charge in [0, 0.05) is 23.7 Å². The molecule has 3 heterocycles. The molecule has 5 atom stereocenters. The van der Waals surface area contributed by atoms with E-state index in [1.54, 1.807) is 30.7 Å². The van der Waals surface area contributed by atoms with Crippen molar-refractivity contribution in [2.45, 2.75) is 66.9 Å². The highest BCUT2D eigenvalue weighted by Gasteiger charge is 2.73. The molecule has 0 radical (unpaired) electrons. The lowest BCUT2D eigenvalue weighted by atomic mass is 9.49. The number of hydrogen-bond donors (Lipinski definition) is 2. The molecule has 1 aromatic carbocycles. The Labute approximate surface area is 203 Å². The molecule has 0 amide bonds. The standard InChI is InChI=1S/C27H29NO5S/c29-19-5-4-18-13-21-27(31)9-7-20(34-22(30)6-3-17-8-12-32-15-17)25-26(27,23(18)24(19)33-25)10-11-28(21)14-16-1-2-16/h3-6,8,12,15-16,20-21,25,29,31H,1-2,7,9-11,13-14H2/b6-3+/t20-,21+,25+,26+,27-/m1/s1. The number of phenolic OH excluding ortho intramolecular Hbond substituents is 1. The van der Waals surface area contributed by atoms with Crippen LogP contribution in [0.5, 0.6) is 11.5 Å². The van der Waals surface area contributed by atoms with Gasteiger partial charge in [0.05, 0.1) is 28.8 Å². The molecule has 1 saturated heterocycles. The number of rotatable bonds is 5. The Hall–Kier alpha value is -2.22. The Morgan fingerprint density at radius 1 is 1.24 bits per heavy atom. The van der Waals surface area contributed by atoms with Crippen LogP contribution in [-0.4, -0.2) is 56.3 Å². The van der Waals surface area contributed by atoms with Crippen LogP contribution in [0.3, 0.4) is 0 Å². The third kappa shape index (κ3) is 2.87. The van der Waals surface area contributed by atoms with E-state index in [-0.39, 0.29) is 28.3 Å². The second-order valence-corrected chi connectivity index (χ2v) is 11.9. The van der Waals surface area contributed by atoms with Crippen molar-refractivity contribution in [1.29, 1.82) is 0 Å². The van der Waals surface area contributed by atoms with Crippen molar-refractivity contribution in [1.82, 2.24) is 4.90 Å². The molecular weight excluding hydrogens is 450 g/mol. The minimum atomic E-state index is -0.913. The SMILES string of the molecule is O=C(/C=C/c1ccoc1)S[C@@H]1CC[C@@]2(O)[C@@H]3Cc4ccc(O)c5c4[C@@]2(CCN3CC2CC2)[C@H]1O5. The van der Waals surface area contributed by atoms with Gasteiger partial charge in [0.1, 0.15) is 6.10 Å². The third-order valence-corrected chi connectivity index (χ3v) is 10.1. The fourth-order valence-electron chi connectivity index (χ4n) is 7.28. The highest BCUT2D eigenvalue weighted by Crippen LogP contribution is 2.66. The van der Waals surface area contributed by atoms with Gasteiger partial charge in [-0.2, -0.15) is 0 Å². The summed E-state index contributed by atoms with van der Waals surface area (Å²) in [5.41, 5.74) is 1.55. The number of phenols is 1. The number of aliphatic hydroxyl groups is 1. The molecule has 3 fully saturated rings. The van der Waals surface area contributed by atoms with Crippen LogP contribution in [0.4, 0.5) is 0 Å². The van der Waals surface area contributed by atoms with Gasteiger partial charge in [-0.05, 0) is 80.8 Å². The van der Waals surface area contributed by atoms with Crippen molar-refractivity contribution >= 4 is 23.0 Å². The van der Waals surface area contributed by atoms with Crippen molar-refractivity contribution in [2.24, 2.45) is 5.92 Å². The molecule has 7 heteroatoms. The number of furan rings is 1. The van der Waals surface area contributed by atoms with Gasteiger partial charge >= 0.3 is 0 Å². The zero-order valence-electron chi connectivity index (χ0n) is 19.0. The van der Waals surface area contributed by atoms with Crippen molar-refractivity contribution in [3.8, 4) is 11.5 Å². The summed E-state index contributed by atoms with van der Waals surface area (Å²) in [4.78, 5) is 15.4. The predicted molar refractivity (Wildman–Crippen MR) is 129 cm³/mol. The largest absolute Gasteiger partial charge is 0.504 e. The Bertz CT molecular complexity index is 1170. The van der Waals surface area contributed by atoms with Crippen molar-refractivity contribution < 1.29 is 24.2 Å². The topological polar surface area (TPSA) is 83.1 Å². The predicted octanol–water partition coefficient (Wildman–Crippen LogP) is 3.89. The average Bonchev–Trinajstić information content (AvgIpc) is 3.33. The van der Waals surface area contributed by atoms with Gasteiger partial charge in [0.15, 0.2) is 11.5 Å². The second-order valence-electron chi connectivity index (χ2n) is 10.7. The van der Waals surface area contributed by atoms with Gasteiger partial charge in [-0.25, -0.2) is 0 Å². The maximum atomic E-state index is 12.9. The van der Waals surface area contributed by atoms with E-state index < -0.39 is 11.0 Å². The molecule has 1 aromatic heterocycles. The third-order valence-electron chi connectivity index (χ3n) is 8.93. The van der Waals surface area contributed by atoms with E-state index in [0.717, 1.165) is 43.0 Å². The number of nitrogens with zero attached hydrogens (tertiary/aromatic N) is 1. The van der Waals surface area contributed by atoms with E-state index in [1.807, 2.05) is 12.1 Å². The van der Waals surface area contributed by atoms with Crippen molar-refractivity contribution in [3.05, 3.63) is 53.5 Å². The lowest BCUT2D eigenvalue weighted by Gasteiger charge is -2.64. The minimum Gasteiger partial charge on any atom is -0.504 e. The summed E-state index contributed by atoms with van der Waals surface area (Å²) < 4.78 is 11.6. The Kier molecular flexibility index (Phi) is 4.58. The van der Waals surface area contributed by atoms with E-state index in [0.29, 0.717) is 18.6 Å². The lowest BCUT2D eigenvalue weighted by molar-refractivity contribution is -0.184. The highest BCUT2D eigenvalue weighted by molar-refractivity contribution is 8.14. The van der Waals surface area contributed by atoms with Gasteiger partial charge in [-0.3, -0.25) is 9.69 Å². The first-order valence-corrected chi connectivity index (χ1v) is 13.3. The molecule has 5 aliphatic rings. The van der Waals surface area contributed by atoms with E-state index >= 15 is 0 Å². The first kappa shape index (κ1) is 21.1. The molecule has 2 aromatic rings. The maximum absolute atomic E-state index is 12.9. The van der Waals surface area contributed by atoms with Crippen LogP contribution in [0.2, 0.25) is 0 Å². The second kappa shape index (κ2) is 7.39. The number of hydrogen-bond acceptors (Lipinski definition) is 7. The average molecular weight is 480 g/mol. The van der Waals surface area contributed by atoms with Crippen molar-refractivity contribution in [2.75, 3.05) is 13.1 Å². The summed E-state index contributed by atoms with van der Waals surface area (Å²) >= 11 is 1.30. The zero-order chi connectivity index (χ0) is 23.1. The number of thioether (sulfide) groups is 1. The molecule has 34 heavy (non-hydrogen) atoms. The van der Waals surface area contributed by atoms with Crippen LogP contribution >= 0.6 is 11.8 Å². The number of aromatic hydroxyl groups is 1. The Balaban J connectivity index is 1.25. The van der Waals surface area contributed by atoms with Gasteiger partial charge in [0.25, 0.3) is 0 Å². The number of benzene rings is 1. The number of carbonyl (C=O) groups is 1. The van der Waals surface area contributed by atoms with Crippen LogP contribution in [0.1, 0.15) is 48.8 Å². The summed E-state index contributed by atoms with van der Waals surface area (Å²) in [6.45, 7) is 1.98. The Morgan fingerprint density at radius 2 is 2.12 bits per heavy atom. The summed E-state index contributed by atoms with van der Waals surface area (Å²) in [5, 5.41) is 23.1. The molecule has 2 saturated carbocycles. The van der Waals surface area contributed by atoms with E-state index in [4.69, 9.17) is 9.15 Å². The van der Waals surface area contributed by atoms with Gasteiger partial charge in [-0.15, -0.1) is 0 Å². The van der Waals surface area contributed by atoms with E-state index in [1.165, 1.54) is 30.2 Å². The Morgan fingerprint density at radius 3 is 2.91 bits per heavy atom. The molecule has 2 bridgehead atoms. The fraction of sp³-hybridized carbons (Fsp3) is 0.519. The van der Waals surface area contributed by atoms with Crippen LogP contribution in [0.25, 0.3) is 6.08 Å². The summed E-state index contributed by atoms with van der Waals surface area (Å²) in [6.07, 6.45) is 11.7. The molecule has 178 valence electrons. The number of carbonyl (C=O) groups excluding carboxylic acids is 1. The first-order valence-electron chi connectivity index (χ1n) is 12.4. The maximum Gasteiger partial charge on any atom is 0.212 e. The summed E-state index contributed by atoms with van der Waals surface area (Å²) in [6, 6.07) is 5.62. The first-order chi connectivity index (χ1) is 16.5. The summed E-state index contributed by atoms with van der Waals surface area (Å²) in [5.74, 6) is 1.43. The van der Waals surface area contributed by atoms with Gasteiger partial charge in [0.2, 0.25) is 5.12 Å². The van der Waals surface area contributed by atoms with Crippen LogP contribution in [0, 0.1) is 5.92 Å². The zero-order valence-corrected chi connectivity index (χ0v) is 19.8. The number of ether oxygens (including phenoxy) is 1. The minimum absolute atomic E-state index is 0.0319. The van der Waals surface area contributed by atoms with Crippen LogP contribution in [0.15, 0.2) is 41.2 Å². The highest BCUT2D eigenvalue weighted by atomic mass is 32.2. The molecular formula is C27H29NO5S. The number of piperidine rings is 1. The van der Waals surface area contributed by atoms with Crippen LogP contribution in [-0.2, 0) is 16.6 Å². The van der Waals surface area contributed by atoms with Crippen LogP contribution < -0.4 is 4.74 Å². The monoisotopic (exact) mass is 479 g/mol. The molecule has 1 spiro atoms. The van der Waals surface area contributed by atoms with E-state index in [9.17, 15) is 15.0 Å². The van der Waals surface area contributed by atoms with Gasteiger partial charge < -0.3 is 19.4 Å². The normalized spacial score (nSPS) is 35.9. The molecule has 0 unspecified atom stereocenters.